The lowest BCUT2D eigenvalue weighted by molar-refractivity contribution is -0.143. The Morgan fingerprint density at radius 2 is 2.15 bits per heavy atom. The number of carbonyl (C=O) groups excluding carboxylic acids is 1. The van der Waals surface area contributed by atoms with Gasteiger partial charge in [-0.1, -0.05) is 13.8 Å². The fraction of sp³-hybridized carbons (Fsp3) is 0.615. The molecule has 0 bridgehead atoms. The fourth-order valence-electron chi connectivity index (χ4n) is 1.95. The van der Waals surface area contributed by atoms with E-state index in [1.54, 1.807) is 7.05 Å². The van der Waals surface area contributed by atoms with E-state index in [0.29, 0.717) is 18.0 Å². The Hall–Kier alpha value is -1.89. The predicted molar refractivity (Wildman–Crippen MR) is 72.3 cm³/mol. The summed E-state index contributed by atoms with van der Waals surface area (Å²) >= 11 is 0. The highest BCUT2D eigenvalue weighted by Crippen LogP contribution is 2.10. The van der Waals surface area contributed by atoms with Gasteiger partial charge in [0.05, 0.1) is 19.0 Å². The number of carboxylic acid groups (broad SMARTS) is 1. The number of methoxy groups -OCH3 is 1. The first-order valence-corrected chi connectivity index (χ1v) is 6.42. The summed E-state index contributed by atoms with van der Waals surface area (Å²) in [5.41, 5.74) is 0.656. The van der Waals surface area contributed by atoms with Crippen LogP contribution in [0.4, 0.5) is 0 Å². The van der Waals surface area contributed by atoms with Crippen LogP contribution in [-0.2, 0) is 23.1 Å². The Balaban J connectivity index is 2.79. The van der Waals surface area contributed by atoms with Crippen molar-refractivity contribution >= 4 is 11.9 Å². The van der Waals surface area contributed by atoms with Gasteiger partial charge in [0.15, 0.2) is 0 Å². The lowest BCUT2D eigenvalue weighted by Gasteiger charge is -2.18. The summed E-state index contributed by atoms with van der Waals surface area (Å²) in [5, 5.41) is 16.0. The van der Waals surface area contributed by atoms with Gasteiger partial charge in [-0.15, -0.1) is 0 Å². The third-order valence-corrected chi connectivity index (χ3v) is 3.00. The maximum Gasteiger partial charge on any atom is 0.339 e. The first-order valence-electron chi connectivity index (χ1n) is 6.42. The van der Waals surface area contributed by atoms with Crippen LogP contribution < -0.4 is 5.32 Å². The molecule has 1 atom stereocenters. The fourth-order valence-corrected chi connectivity index (χ4v) is 1.95. The molecule has 20 heavy (non-hydrogen) atoms. The average Bonchev–Trinajstić information content (AvgIpc) is 2.74. The summed E-state index contributed by atoms with van der Waals surface area (Å²) < 4.78 is 6.24. The molecule has 0 saturated carbocycles. The topological polar surface area (TPSA) is 93.4 Å². The molecule has 0 aliphatic rings. The van der Waals surface area contributed by atoms with E-state index in [0.717, 1.165) is 0 Å². The normalized spacial score (nSPS) is 12.4. The monoisotopic (exact) mass is 283 g/mol. The Morgan fingerprint density at radius 1 is 1.50 bits per heavy atom. The Kier molecular flexibility index (Phi) is 5.69. The molecule has 2 N–H and O–H groups in total. The molecule has 1 heterocycles. The molecule has 7 heteroatoms. The number of hydrogen-bond donors (Lipinski definition) is 2. The number of nitrogens with zero attached hydrogens (tertiary/aromatic N) is 2. The van der Waals surface area contributed by atoms with Gasteiger partial charge in [-0.2, -0.15) is 5.10 Å². The number of nitrogens with one attached hydrogen (secondary N) is 1. The highest BCUT2D eigenvalue weighted by atomic mass is 16.5. The van der Waals surface area contributed by atoms with Crippen LogP contribution in [0.25, 0.3) is 0 Å². The van der Waals surface area contributed by atoms with Crippen LogP contribution in [0.1, 0.15) is 36.3 Å². The average molecular weight is 283 g/mol. The van der Waals surface area contributed by atoms with Crippen molar-refractivity contribution in [3.05, 3.63) is 17.5 Å². The smallest absolute Gasteiger partial charge is 0.339 e. The summed E-state index contributed by atoms with van der Waals surface area (Å²) in [7, 11) is 3.00. The maximum absolute atomic E-state index is 11.7. The molecular formula is C13H21N3O4. The van der Waals surface area contributed by atoms with Crippen molar-refractivity contribution in [3.63, 3.8) is 0 Å². The van der Waals surface area contributed by atoms with Gasteiger partial charge in [0.25, 0.3) is 0 Å². The molecule has 1 unspecified atom stereocenters. The van der Waals surface area contributed by atoms with Crippen LogP contribution in [0, 0.1) is 5.92 Å². The van der Waals surface area contributed by atoms with E-state index >= 15 is 0 Å². The second kappa shape index (κ2) is 7.04. The third-order valence-electron chi connectivity index (χ3n) is 3.00. The standard InChI is InChI=1S/C13H21N3O4/c1-8(2)5-10(13(19)20-4)14-7-11-9(12(17)18)6-15-16(11)3/h6,8,10,14H,5,7H2,1-4H3,(H,17,18). The van der Waals surface area contributed by atoms with Crippen molar-refractivity contribution in [1.82, 2.24) is 15.1 Å². The van der Waals surface area contributed by atoms with Crippen LogP contribution in [0.5, 0.6) is 0 Å². The number of esters is 1. The van der Waals surface area contributed by atoms with E-state index < -0.39 is 12.0 Å². The highest BCUT2D eigenvalue weighted by molar-refractivity contribution is 5.88. The number of aromatic carboxylic acids is 1. The van der Waals surface area contributed by atoms with Crippen LogP contribution >= 0.6 is 0 Å². The molecule has 1 rings (SSSR count). The van der Waals surface area contributed by atoms with E-state index in [2.05, 4.69) is 10.4 Å². The first-order chi connectivity index (χ1) is 9.36. The van der Waals surface area contributed by atoms with Crippen LogP contribution in [-0.4, -0.2) is 40.0 Å². The summed E-state index contributed by atoms with van der Waals surface area (Å²) in [6.07, 6.45) is 1.92. The van der Waals surface area contributed by atoms with Crippen molar-refractivity contribution < 1.29 is 19.4 Å². The number of rotatable bonds is 7. The lowest BCUT2D eigenvalue weighted by Crippen LogP contribution is -2.39. The van der Waals surface area contributed by atoms with Gasteiger partial charge in [0.1, 0.15) is 11.6 Å². The summed E-state index contributed by atoms with van der Waals surface area (Å²) in [4.78, 5) is 22.8. The van der Waals surface area contributed by atoms with E-state index in [9.17, 15) is 9.59 Å². The molecule has 1 aromatic rings. The quantitative estimate of drug-likeness (QED) is 0.719. The van der Waals surface area contributed by atoms with Crippen LogP contribution in [0.15, 0.2) is 6.20 Å². The molecule has 7 nitrogen and oxygen atoms in total. The highest BCUT2D eigenvalue weighted by Gasteiger charge is 2.22. The van der Waals surface area contributed by atoms with E-state index in [4.69, 9.17) is 9.84 Å². The molecular weight excluding hydrogens is 262 g/mol. The molecule has 0 radical (unpaired) electrons. The third kappa shape index (κ3) is 4.06. The second-order valence-electron chi connectivity index (χ2n) is 5.02. The summed E-state index contributed by atoms with van der Waals surface area (Å²) in [6.45, 7) is 4.25. The summed E-state index contributed by atoms with van der Waals surface area (Å²) in [5.74, 6) is -1.07. The van der Waals surface area contributed by atoms with Crippen LogP contribution in [0.3, 0.4) is 0 Å². The second-order valence-corrected chi connectivity index (χ2v) is 5.02. The maximum atomic E-state index is 11.7. The van der Waals surface area contributed by atoms with Crippen molar-refractivity contribution in [1.29, 1.82) is 0 Å². The van der Waals surface area contributed by atoms with Crippen molar-refractivity contribution in [2.24, 2.45) is 13.0 Å². The molecule has 0 amide bonds. The zero-order valence-electron chi connectivity index (χ0n) is 12.2. The van der Waals surface area contributed by atoms with Gasteiger partial charge >= 0.3 is 11.9 Å². The SMILES string of the molecule is COC(=O)C(CC(C)C)NCc1c(C(=O)O)cnn1C. The molecule has 0 aliphatic carbocycles. The Bertz CT molecular complexity index is 482. The molecule has 0 spiro atoms. The predicted octanol–water partition coefficient (Wildman–Crippen LogP) is 0.796. The van der Waals surface area contributed by atoms with Gasteiger partial charge in [-0.25, -0.2) is 4.79 Å². The van der Waals surface area contributed by atoms with Crippen LogP contribution in [0.2, 0.25) is 0 Å². The zero-order valence-corrected chi connectivity index (χ0v) is 12.2. The van der Waals surface area contributed by atoms with Gasteiger partial charge in [0, 0.05) is 13.6 Å². The minimum atomic E-state index is -1.03. The van der Waals surface area contributed by atoms with Crippen molar-refractivity contribution in [2.75, 3.05) is 7.11 Å². The molecule has 0 aromatic carbocycles. The van der Waals surface area contributed by atoms with Gasteiger partial charge in [-0.3, -0.25) is 14.8 Å². The summed E-state index contributed by atoms with van der Waals surface area (Å²) in [6, 6.07) is -0.462. The molecule has 0 aliphatic heterocycles. The minimum absolute atomic E-state index is 0.133. The van der Waals surface area contributed by atoms with Crippen molar-refractivity contribution in [3.8, 4) is 0 Å². The number of carbonyl (C=O) groups is 2. The Labute approximate surface area is 117 Å². The number of carboxylic acids is 1. The Morgan fingerprint density at radius 3 is 2.65 bits per heavy atom. The number of ether oxygens (including phenoxy) is 1. The lowest BCUT2D eigenvalue weighted by atomic mass is 10.0. The largest absolute Gasteiger partial charge is 0.478 e. The molecule has 0 saturated heterocycles. The van der Waals surface area contributed by atoms with Gasteiger partial charge in [-0.05, 0) is 12.3 Å². The molecule has 0 fully saturated rings. The number of aromatic nitrogens is 2. The van der Waals surface area contributed by atoms with Gasteiger partial charge in [0.2, 0.25) is 0 Å². The van der Waals surface area contributed by atoms with E-state index in [-0.39, 0.29) is 18.1 Å². The first kappa shape index (κ1) is 16.2. The number of hydrogen-bond acceptors (Lipinski definition) is 5. The number of aryl methyl sites for hydroxylation is 1. The zero-order chi connectivity index (χ0) is 15.3. The molecule has 1 aromatic heterocycles. The minimum Gasteiger partial charge on any atom is -0.478 e. The van der Waals surface area contributed by atoms with Crippen molar-refractivity contribution in [2.45, 2.75) is 32.9 Å². The molecule has 112 valence electrons. The van der Waals surface area contributed by atoms with E-state index in [1.807, 2.05) is 13.8 Å². The van der Waals surface area contributed by atoms with E-state index in [1.165, 1.54) is 18.0 Å². The van der Waals surface area contributed by atoms with Gasteiger partial charge < -0.3 is 9.84 Å².